The first-order valence-electron chi connectivity index (χ1n) is 20.3. The van der Waals surface area contributed by atoms with Gasteiger partial charge in [-0.3, -0.25) is 9.59 Å². The van der Waals surface area contributed by atoms with Gasteiger partial charge in [0.2, 0.25) is 0 Å². The van der Waals surface area contributed by atoms with Gasteiger partial charge in [0.05, 0.1) is 28.0 Å². The highest BCUT2D eigenvalue weighted by Crippen LogP contribution is 2.40. The second-order valence-corrected chi connectivity index (χ2v) is 15.6. The number of H-pyrrole nitrogens is 1. The van der Waals surface area contributed by atoms with Crippen molar-refractivity contribution in [3.63, 3.8) is 0 Å². The Morgan fingerprint density at radius 1 is 0.719 bits per heavy atom. The minimum absolute atomic E-state index is 0.0165. The van der Waals surface area contributed by atoms with Crippen molar-refractivity contribution in [2.45, 2.75) is 25.7 Å². The number of aromatic amines is 1. The van der Waals surface area contributed by atoms with Crippen LogP contribution in [-0.2, 0) is 0 Å². The van der Waals surface area contributed by atoms with Crippen LogP contribution in [0.25, 0.3) is 23.1 Å². The molecule has 0 saturated heterocycles. The van der Waals surface area contributed by atoms with Crippen LogP contribution in [0.1, 0.15) is 79.0 Å². The zero-order chi connectivity index (χ0) is 45.1. The van der Waals surface area contributed by atoms with Gasteiger partial charge in [-0.1, -0.05) is 73.5 Å². The Kier molecular flexibility index (Phi) is 12.3. The zero-order valence-electron chi connectivity index (χ0n) is 34.0. The molecule has 0 atom stereocenters. The molecule has 1 aliphatic rings. The number of amides is 2. The molecule has 2 heterocycles. The summed E-state index contributed by atoms with van der Waals surface area (Å²) in [6, 6.07) is 30.2. The fraction of sp³-hybridized carbons (Fsp3) is 0.120. The highest BCUT2D eigenvalue weighted by molar-refractivity contribution is 6.31. The van der Waals surface area contributed by atoms with E-state index in [1.165, 1.54) is 24.3 Å². The van der Waals surface area contributed by atoms with Gasteiger partial charge in [0.25, 0.3) is 11.8 Å². The number of rotatable bonds is 14. The third kappa shape index (κ3) is 8.92. The molecule has 0 saturated carbocycles. The maximum Gasteiger partial charge on any atom is 0.336 e. The number of benzene rings is 6. The maximum absolute atomic E-state index is 14.8. The van der Waals surface area contributed by atoms with Gasteiger partial charge in [0, 0.05) is 67.8 Å². The SMILES string of the molecule is C=c1cc2c(cc1F)=C(c1ccc(C(=O)NCCCCCCNC(=O)c3ccc(N=C(c4ccccc4)c4c(O)[nH]c5cc(Cl)ccc45)cc3)cc1C(=O)O)c1cc(F)c(O)cc1O2. The van der Waals surface area contributed by atoms with E-state index in [-0.39, 0.29) is 61.6 Å². The number of carbonyl (C=O) groups excluding carboxylic acids is 2. The van der Waals surface area contributed by atoms with Crippen molar-refractivity contribution in [3.8, 4) is 23.1 Å². The Labute approximate surface area is 369 Å². The summed E-state index contributed by atoms with van der Waals surface area (Å²) in [5.74, 6) is -4.37. The molecule has 14 heteroatoms. The van der Waals surface area contributed by atoms with E-state index in [1.54, 1.807) is 36.4 Å². The quantitative estimate of drug-likeness (QED) is 0.0468. The largest absolute Gasteiger partial charge is 0.505 e. The van der Waals surface area contributed by atoms with Crippen LogP contribution < -0.4 is 25.8 Å². The molecule has 0 fully saturated rings. The molecule has 6 aromatic carbocycles. The first-order chi connectivity index (χ1) is 30.9. The number of carboxylic acids is 1. The van der Waals surface area contributed by atoms with Gasteiger partial charge in [0.15, 0.2) is 17.4 Å². The van der Waals surface area contributed by atoms with Gasteiger partial charge in [0.1, 0.15) is 17.3 Å². The Morgan fingerprint density at radius 2 is 1.41 bits per heavy atom. The highest BCUT2D eigenvalue weighted by atomic mass is 35.5. The van der Waals surface area contributed by atoms with Gasteiger partial charge in [-0.25, -0.2) is 18.6 Å². The molecule has 11 nitrogen and oxygen atoms in total. The van der Waals surface area contributed by atoms with Gasteiger partial charge >= 0.3 is 5.97 Å². The number of hydrogen-bond acceptors (Lipinski definition) is 7. The minimum Gasteiger partial charge on any atom is -0.505 e. The van der Waals surface area contributed by atoms with Gasteiger partial charge in [-0.15, -0.1) is 0 Å². The average molecular weight is 881 g/mol. The number of carbonyl (C=O) groups is 3. The van der Waals surface area contributed by atoms with Gasteiger partial charge < -0.3 is 35.7 Å². The second-order valence-electron chi connectivity index (χ2n) is 15.1. The number of halogens is 3. The average Bonchev–Trinajstić information content (AvgIpc) is 3.61. The number of phenols is 1. The molecule has 322 valence electrons. The number of unbranched alkanes of at least 4 members (excludes halogenated alkanes) is 3. The number of aliphatic imine (C=N–C) groups is 1. The number of aromatic carboxylic acids is 1. The van der Waals surface area contributed by atoms with Crippen LogP contribution in [-0.4, -0.2) is 56.9 Å². The molecule has 6 N–H and O–H groups in total. The molecule has 0 aliphatic carbocycles. The van der Waals surface area contributed by atoms with Crippen molar-refractivity contribution in [2.24, 2.45) is 4.99 Å². The van der Waals surface area contributed by atoms with E-state index in [4.69, 9.17) is 21.3 Å². The molecule has 64 heavy (non-hydrogen) atoms. The van der Waals surface area contributed by atoms with Gasteiger partial charge in [-0.2, -0.15) is 0 Å². The van der Waals surface area contributed by atoms with Crippen molar-refractivity contribution in [2.75, 3.05) is 13.1 Å². The van der Waals surface area contributed by atoms with Crippen LogP contribution in [0.3, 0.4) is 0 Å². The summed E-state index contributed by atoms with van der Waals surface area (Å²) < 4.78 is 35.2. The highest BCUT2D eigenvalue weighted by Gasteiger charge is 2.27. The van der Waals surface area contributed by atoms with Crippen LogP contribution in [0, 0.1) is 11.6 Å². The van der Waals surface area contributed by atoms with Crippen molar-refractivity contribution < 1.29 is 43.2 Å². The molecule has 1 aliphatic heterocycles. The molecular formula is C50H39ClF2N4O7. The first kappa shape index (κ1) is 42.9. The standard InChI is InChI=1S/C50H39ClF2N4O7/c1-27-21-42-36(24-38(27)52)44(37-25-39(53)41(58)26-43(37)64-42)33-17-13-30(22-35(33)50(62)63)48(60)55-20-8-3-2-7-19-54-47(59)29-11-15-32(16-12-29)56-46(28-9-5-4-6-10-28)45-34-18-14-31(51)23-40(34)57-49(45)61/h4-6,9-18,21-26,57-58,61H,1-3,7-8,19-20H2,(H,54,59)(H,55,60)(H,62,63). The summed E-state index contributed by atoms with van der Waals surface area (Å²) >= 11 is 6.19. The van der Waals surface area contributed by atoms with E-state index >= 15 is 0 Å². The summed E-state index contributed by atoms with van der Waals surface area (Å²) in [5, 5.41) is 38.4. The monoisotopic (exact) mass is 880 g/mol. The number of hydrogen-bond donors (Lipinski definition) is 6. The number of fused-ring (bicyclic) bond motifs is 3. The zero-order valence-corrected chi connectivity index (χ0v) is 34.7. The predicted octanol–water partition coefficient (Wildman–Crippen LogP) is 8.86. The summed E-state index contributed by atoms with van der Waals surface area (Å²) in [5.41, 5.74) is 3.68. The number of phenolic OH excluding ortho intramolecular Hbond substituents is 1. The molecule has 0 radical (unpaired) electrons. The lowest BCUT2D eigenvalue weighted by Gasteiger charge is -2.23. The van der Waals surface area contributed by atoms with E-state index in [0.29, 0.717) is 59.0 Å². The minimum atomic E-state index is -1.37. The summed E-state index contributed by atoms with van der Waals surface area (Å²) in [4.78, 5) is 46.5. The lowest BCUT2D eigenvalue weighted by atomic mass is 9.88. The molecule has 0 spiro atoms. The fourth-order valence-corrected chi connectivity index (χ4v) is 7.79. The molecular weight excluding hydrogens is 842 g/mol. The Bertz CT molecular complexity index is 3140. The molecule has 2 amide bonds. The maximum atomic E-state index is 14.8. The normalized spacial score (nSPS) is 12.0. The van der Waals surface area contributed by atoms with E-state index in [1.807, 2.05) is 36.4 Å². The first-order valence-corrected chi connectivity index (χ1v) is 20.7. The topological polar surface area (TPSA) is 173 Å². The Hall–Kier alpha value is -7.77. The summed E-state index contributed by atoms with van der Waals surface area (Å²) in [6.45, 7) is 4.40. The second kappa shape index (κ2) is 18.3. The third-order valence-corrected chi connectivity index (χ3v) is 11.0. The number of nitrogens with zero attached hydrogens (tertiary/aromatic N) is 1. The molecule has 8 rings (SSSR count). The van der Waals surface area contributed by atoms with Gasteiger partial charge in [-0.05, 0) is 85.1 Å². The molecule has 1 aromatic heterocycles. The Balaban J connectivity index is 0.849. The number of carboxylic acid groups (broad SMARTS) is 1. The number of aromatic hydroxyl groups is 2. The number of aromatic nitrogens is 1. The van der Waals surface area contributed by atoms with Crippen molar-refractivity contribution in [3.05, 3.63) is 181 Å². The fourth-order valence-electron chi connectivity index (χ4n) is 7.62. The van der Waals surface area contributed by atoms with Crippen LogP contribution in [0.5, 0.6) is 23.1 Å². The van der Waals surface area contributed by atoms with Crippen LogP contribution in [0.2, 0.25) is 5.02 Å². The third-order valence-electron chi connectivity index (χ3n) is 10.8. The molecule has 7 aromatic rings. The molecule has 0 bridgehead atoms. The van der Waals surface area contributed by atoms with Crippen LogP contribution >= 0.6 is 11.6 Å². The molecule has 0 unspecified atom stereocenters. The smallest absolute Gasteiger partial charge is 0.336 e. The van der Waals surface area contributed by atoms with E-state index < -0.39 is 29.3 Å². The van der Waals surface area contributed by atoms with Crippen LogP contribution in [0.15, 0.2) is 120 Å². The predicted molar refractivity (Wildman–Crippen MR) is 241 cm³/mol. The lowest BCUT2D eigenvalue weighted by Crippen LogP contribution is -2.26. The summed E-state index contributed by atoms with van der Waals surface area (Å²) in [6.07, 6.45) is 2.85. The lowest BCUT2D eigenvalue weighted by molar-refractivity contribution is 0.0696. The van der Waals surface area contributed by atoms with E-state index in [0.717, 1.165) is 42.0 Å². The number of nitrogens with one attached hydrogen (secondary N) is 3. The van der Waals surface area contributed by atoms with E-state index in [2.05, 4.69) is 22.2 Å². The van der Waals surface area contributed by atoms with E-state index in [9.17, 15) is 38.5 Å². The summed E-state index contributed by atoms with van der Waals surface area (Å²) in [7, 11) is 0. The van der Waals surface area contributed by atoms with Crippen molar-refractivity contribution >= 4 is 63.8 Å². The van der Waals surface area contributed by atoms with Crippen LogP contribution in [0.4, 0.5) is 14.5 Å². The Morgan fingerprint density at radius 3 is 2.11 bits per heavy atom. The van der Waals surface area contributed by atoms with Crippen molar-refractivity contribution in [1.82, 2.24) is 15.6 Å². The van der Waals surface area contributed by atoms with Crippen molar-refractivity contribution in [1.29, 1.82) is 0 Å². The number of ether oxygens (including phenoxy) is 1.